The van der Waals surface area contributed by atoms with E-state index in [0.717, 1.165) is 56.3 Å². The van der Waals surface area contributed by atoms with Gasteiger partial charge in [-0.25, -0.2) is 9.80 Å². The molecule has 32 heavy (non-hydrogen) atoms. The number of esters is 1. The highest BCUT2D eigenvalue weighted by atomic mass is 16.5. The molecule has 3 rings (SSSR count). The summed E-state index contributed by atoms with van der Waals surface area (Å²) in [4.78, 5) is 11.6. The summed E-state index contributed by atoms with van der Waals surface area (Å²) < 4.78 is 4.76. The highest BCUT2D eigenvalue weighted by Gasteiger charge is 2.26. The predicted octanol–water partition coefficient (Wildman–Crippen LogP) is 4.37. The molecule has 1 aliphatic carbocycles. The molecule has 0 heterocycles. The van der Waals surface area contributed by atoms with Gasteiger partial charge in [0.1, 0.15) is 0 Å². The topological polar surface area (TPSA) is 82.0 Å². The van der Waals surface area contributed by atoms with E-state index in [1.54, 1.807) is 6.07 Å². The molecule has 0 bridgehead atoms. The Morgan fingerprint density at radius 2 is 1.91 bits per heavy atom. The summed E-state index contributed by atoms with van der Waals surface area (Å²) in [6.07, 6.45) is 8.28. The Hall–Kier alpha value is -2.57. The second-order valence-electron chi connectivity index (χ2n) is 8.57. The fraction of sp³-hybridized carbons (Fsp3) is 0.500. The molecule has 2 aromatic carbocycles. The van der Waals surface area contributed by atoms with Gasteiger partial charge in [0.15, 0.2) is 11.5 Å². The molecule has 0 saturated carbocycles. The quantitative estimate of drug-likeness (QED) is 0.208. The van der Waals surface area contributed by atoms with Crippen molar-refractivity contribution in [1.82, 2.24) is 10.4 Å². The fourth-order valence-corrected chi connectivity index (χ4v) is 4.44. The molecule has 0 fully saturated rings. The number of hydrogen-bond acceptors (Lipinski definition) is 6. The van der Waals surface area contributed by atoms with Crippen molar-refractivity contribution in [2.75, 3.05) is 20.2 Å². The normalized spacial score (nSPS) is 15.5. The van der Waals surface area contributed by atoms with Crippen LogP contribution in [0.15, 0.2) is 36.4 Å². The Kier molecular flexibility index (Phi) is 8.94. The van der Waals surface area contributed by atoms with E-state index in [9.17, 15) is 15.0 Å². The fourth-order valence-electron chi connectivity index (χ4n) is 4.44. The Morgan fingerprint density at radius 1 is 1.12 bits per heavy atom. The number of ether oxygens (including phenoxy) is 1. The van der Waals surface area contributed by atoms with E-state index in [1.807, 2.05) is 30.3 Å². The lowest BCUT2D eigenvalue weighted by Gasteiger charge is -2.36. The number of methoxy groups -OCH3 is 1. The Bertz CT molecular complexity index is 882. The average Bonchev–Trinajstić information content (AvgIpc) is 2.82. The van der Waals surface area contributed by atoms with Crippen molar-refractivity contribution >= 4 is 5.97 Å². The van der Waals surface area contributed by atoms with Gasteiger partial charge in [-0.15, -0.1) is 0 Å². The molecular weight excluding hydrogens is 404 g/mol. The number of carbonyl (C=O) groups is 1. The molecule has 0 spiro atoms. The number of benzene rings is 2. The smallest absolute Gasteiger partial charge is 0.337 e. The van der Waals surface area contributed by atoms with Gasteiger partial charge < -0.3 is 14.9 Å². The molecule has 1 aliphatic rings. The molecule has 0 aromatic heterocycles. The number of phenolic OH excluding ortho intramolecular Hbond substituents is 2. The van der Waals surface area contributed by atoms with Gasteiger partial charge in [0.2, 0.25) is 0 Å². The number of hydrogen-bond donors (Lipinski definition) is 3. The van der Waals surface area contributed by atoms with Crippen LogP contribution in [0.5, 0.6) is 11.5 Å². The van der Waals surface area contributed by atoms with E-state index >= 15 is 0 Å². The molecule has 1 atom stereocenters. The van der Waals surface area contributed by atoms with Crippen molar-refractivity contribution in [3.8, 4) is 11.5 Å². The van der Waals surface area contributed by atoms with E-state index < -0.39 is 0 Å². The highest BCUT2D eigenvalue weighted by Crippen LogP contribution is 2.36. The summed E-state index contributed by atoms with van der Waals surface area (Å²) in [5.41, 5.74) is 7.40. The summed E-state index contributed by atoms with van der Waals surface area (Å²) in [5.74, 6) is -0.307. The predicted molar refractivity (Wildman–Crippen MR) is 126 cm³/mol. The molecule has 174 valence electrons. The first-order chi connectivity index (χ1) is 15.5. The SMILES string of the molecule is CCCCCCN(NCCc1ccc(C(=O)OC)cc1)C1CCc2c(ccc(O)c2O)C1. The van der Waals surface area contributed by atoms with Crippen molar-refractivity contribution in [2.24, 2.45) is 0 Å². The van der Waals surface area contributed by atoms with E-state index in [-0.39, 0.29) is 17.5 Å². The van der Waals surface area contributed by atoms with Crippen LogP contribution in [0.3, 0.4) is 0 Å². The van der Waals surface area contributed by atoms with Crippen LogP contribution in [0.2, 0.25) is 0 Å². The summed E-state index contributed by atoms with van der Waals surface area (Å²) in [5, 5.41) is 22.4. The summed E-state index contributed by atoms with van der Waals surface area (Å²) in [7, 11) is 1.39. The Morgan fingerprint density at radius 3 is 2.62 bits per heavy atom. The number of carbonyl (C=O) groups excluding carboxylic acids is 1. The Balaban J connectivity index is 1.60. The molecule has 0 saturated heterocycles. The van der Waals surface area contributed by atoms with Gasteiger partial charge in [-0.1, -0.05) is 44.4 Å². The van der Waals surface area contributed by atoms with E-state index in [1.165, 1.54) is 31.9 Å². The zero-order valence-corrected chi connectivity index (χ0v) is 19.3. The van der Waals surface area contributed by atoms with Crippen molar-refractivity contribution in [3.05, 3.63) is 58.7 Å². The number of nitrogens with one attached hydrogen (secondary N) is 1. The molecule has 2 aromatic rings. The number of hydrazine groups is 1. The van der Waals surface area contributed by atoms with Gasteiger partial charge in [-0.2, -0.15) is 0 Å². The molecule has 0 radical (unpaired) electrons. The van der Waals surface area contributed by atoms with Crippen molar-refractivity contribution in [3.63, 3.8) is 0 Å². The van der Waals surface area contributed by atoms with Crippen molar-refractivity contribution in [2.45, 2.75) is 64.3 Å². The number of fused-ring (bicyclic) bond motifs is 1. The minimum absolute atomic E-state index is 0.0324. The second kappa shape index (κ2) is 11.9. The number of unbranched alkanes of at least 4 members (excludes halogenated alkanes) is 3. The molecular formula is C26H36N2O4. The highest BCUT2D eigenvalue weighted by molar-refractivity contribution is 5.89. The lowest BCUT2D eigenvalue weighted by molar-refractivity contribution is 0.0600. The number of rotatable bonds is 11. The molecule has 3 N–H and O–H groups in total. The van der Waals surface area contributed by atoms with Gasteiger partial charge in [0, 0.05) is 24.7 Å². The molecule has 1 unspecified atom stereocenters. The van der Waals surface area contributed by atoms with Crippen LogP contribution in [0.25, 0.3) is 0 Å². The van der Waals surface area contributed by atoms with Gasteiger partial charge in [-0.05, 0) is 61.4 Å². The first kappa shape index (κ1) is 24.1. The maximum atomic E-state index is 11.6. The maximum absolute atomic E-state index is 11.6. The minimum atomic E-state index is -0.315. The number of phenols is 2. The molecule has 6 heteroatoms. The Labute approximate surface area is 191 Å². The first-order valence-corrected chi connectivity index (χ1v) is 11.7. The zero-order valence-electron chi connectivity index (χ0n) is 19.3. The third kappa shape index (κ3) is 6.24. The van der Waals surface area contributed by atoms with Crippen LogP contribution in [0.4, 0.5) is 0 Å². The van der Waals surface area contributed by atoms with E-state index in [4.69, 9.17) is 4.74 Å². The van der Waals surface area contributed by atoms with Gasteiger partial charge in [-0.3, -0.25) is 5.43 Å². The third-order valence-corrected chi connectivity index (χ3v) is 6.34. The van der Waals surface area contributed by atoms with Crippen LogP contribution in [0.1, 0.15) is 66.1 Å². The average molecular weight is 441 g/mol. The summed E-state index contributed by atoms with van der Waals surface area (Å²) >= 11 is 0. The largest absolute Gasteiger partial charge is 0.504 e. The van der Waals surface area contributed by atoms with E-state index in [0.29, 0.717) is 11.6 Å². The first-order valence-electron chi connectivity index (χ1n) is 11.7. The van der Waals surface area contributed by atoms with Crippen molar-refractivity contribution in [1.29, 1.82) is 0 Å². The maximum Gasteiger partial charge on any atom is 0.337 e. The minimum Gasteiger partial charge on any atom is -0.504 e. The molecule has 0 amide bonds. The summed E-state index contributed by atoms with van der Waals surface area (Å²) in [6, 6.07) is 11.5. The number of aromatic hydroxyl groups is 2. The third-order valence-electron chi connectivity index (χ3n) is 6.34. The lowest BCUT2D eigenvalue weighted by Crippen LogP contribution is -2.49. The van der Waals surface area contributed by atoms with Crippen LogP contribution < -0.4 is 5.43 Å². The second-order valence-corrected chi connectivity index (χ2v) is 8.57. The van der Waals surface area contributed by atoms with Gasteiger partial charge in [0.05, 0.1) is 12.7 Å². The molecule has 0 aliphatic heterocycles. The monoisotopic (exact) mass is 440 g/mol. The van der Waals surface area contributed by atoms with Gasteiger partial charge >= 0.3 is 5.97 Å². The summed E-state index contributed by atoms with van der Waals surface area (Å²) in [6.45, 7) is 4.03. The van der Waals surface area contributed by atoms with Crippen LogP contribution in [0, 0.1) is 0 Å². The van der Waals surface area contributed by atoms with Crippen molar-refractivity contribution < 1.29 is 19.7 Å². The van der Waals surface area contributed by atoms with Crippen LogP contribution >= 0.6 is 0 Å². The number of nitrogens with zero attached hydrogens (tertiary/aromatic N) is 1. The van der Waals surface area contributed by atoms with Crippen LogP contribution in [-0.4, -0.2) is 47.4 Å². The van der Waals surface area contributed by atoms with E-state index in [2.05, 4.69) is 17.4 Å². The standard InChI is InChI=1S/C26H36N2O4/c1-3-4-5-6-17-28(22-12-13-23-21(18-22)11-14-24(29)25(23)30)27-16-15-19-7-9-20(10-8-19)26(31)32-2/h7-11,14,22,27,29-30H,3-6,12-13,15-18H2,1-2H3. The molecule has 6 nitrogen and oxygen atoms in total. The lowest BCUT2D eigenvalue weighted by atomic mass is 9.87. The zero-order chi connectivity index (χ0) is 22.9. The van der Waals surface area contributed by atoms with Gasteiger partial charge in [0.25, 0.3) is 0 Å². The van der Waals surface area contributed by atoms with Crippen LogP contribution in [-0.2, 0) is 24.0 Å².